The number of alkyl halides is 5. The lowest BCUT2D eigenvalue weighted by atomic mass is 10.2. The molecule has 0 aromatic heterocycles. The zero-order valence-corrected chi connectivity index (χ0v) is 11.2. The first-order valence-corrected chi connectivity index (χ1v) is 6.09. The molecule has 0 spiro atoms. The van der Waals surface area contributed by atoms with Crippen molar-refractivity contribution in [3.05, 3.63) is 0 Å². The summed E-state index contributed by atoms with van der Waals surface area (Å²) in [5, 5.41) is 0. The fourth-order valence-corrected chi connectivity index (χ4v) is 1.08. The van der Waals surface area contributed by atoms with E-state index < -0.39 is 23.0 Å². The number of halogens is 5. The summed E-state index contributed by atoms with van der Waals surface area (Å²) >= 11 is 16.0. The topological polar surface area (TPSA) is 35.5 Å². The second-order valence-electron chi connectivity index (χ2n) is 3.24. The predicted octanol–water partition coefficient (Wildman–Crippen LogP) is 4.34. The Hall–Kier alpha value is -0.000000000000000111. The molecule has 0 aliphatic carbocycles. The van der Waals surface area contributed by atoms with Crippen LogP contribution in [0.3, 0.4) is 0 Å². The van der Waals surface area contributed by atoms with E-state index in [1.807, 2.05) is 0 Å². The Morgan fingerprint density at radius 1 is 1.12 bits per heavy atom. The lowest BCUT2D eigenvalue weighted by Crippen LogP contribution is -2.18. The van der Waals surface area contributed by atoms with Crippen LogP contribution < -0.4 is 0 Å². The molecule has 0 aliphatic rings. The summed E-state index contributed by atoms with van der Waals surface area (Å²) in [6.07, 6.45) is -1.92. The van der Waals surface area contributed by atoms with Crippen molar-refractivity contribution in [3.63, 3.8) is 0 Å². The zero-order chi connectivity index (χ0) is 13.3. The lowest BCUT2D eigenvalue weighted by Gasteiger charge is -2.11. The van der Waals surface area contributed by atoms with E-state index in [1.165, 1.54) is 0 Å². The standard InChI is InChI=1S/C9H13Cl3F2O3/c10-9(11,12)6-17-8(15)16-5-3-1-2-4-7(13)14/h7H,1-6H2. The second-order valence-corrected chi connectivity index (χ2v) is 5.76. The van der Waals surface area contributed by atoms with Gasteiger partial charge in [-0.25, -0.2) is 13.6 Å². The average molecular weight is 314 g/mol. The minimum absolute atomic E-state index is 0.0991. The third-order valence-corrected chi connectivity index (χ3v) is 1.97. The van der Waals surface area contributed by atoms with Crippen LogP contribution in [0.5, 0.6) is 0 Å². The van der Waals surface area contributed by atoms with Crippen LogP contribution >= 0.6 is 34.8 Å². The molecule has 8 heteroatoms. The minimum Gasteiger partial charge on any atom is -0.434 e. The van der Waals surface area contributed by atoms with E-state index in [4.69, 9.17) is 34.8 Å². The molecule has 0 N–H and O–H groups in total. The number of carbonyl (C=O) groups is 1. The molecule has 0 unspecified atom stereocenters. The molecule has 102 valence electrons. The number of rotatable bonds is 7. The lowest BCUT2D eigenvalue weighted by molar-refractivity contribution is 0.0548. The number of hydrogen-bond donors (Lipinski definition) is 0. The number of hydrogen-bond acceptors (Lipinski definition) is 3. The van der Waals surface area contributed by atoms with Gasteiger partial charge in [-0.1, -0.05) is 34.8 Å². The van der Waals surface area contributed by atoms with Crippen molar-refractivity contribution in [1.82, 2.24) is 0 Å². The van der Waals surface area contributed by atoms with Crippen molar-refractivity contribution >= 4 is 41.0 Å². The summed E-state index contributed by atoms with van der Waals surface area (Å²) in [5.41, 5.74) is 0. The van der Waals surface area contributed by atoms with Gasteiger partial charge in [0.15, 0.2) is 0 Å². The van der Waals surface area contributed by atoms with Crippen molar-refractivity contribution in [1.29, 1.82) is 0 Å². The van der Waals surface area contributed by atoms with Crippen LogP contribution in [-0.4, -0.2) is 29.6 Å². The van der Waals surface area contributed by atoms with E-state index in [9.17, 15) is 13.6 Å². The first-order valence-electron chi connectivity index (χ1n) is 4.95. The highest BCUT2D eigenvalue weighted by Gasteiger charge is 2.22. The van der Waals surface area contributed by atoms with E-state index in [0.717, 1.165) is 0 Å². The number of carbonyl (C=O) groups excluding carboxylic acids is 1. The summed E-state index contributed by atoms with van der Waals surface area (Å²) < 4.78 is 30.9. The van der Waals surface area contributed by atoms with Gasteiger partial charge in [0.1, 0.15) is 6.61 Å². The van der Waals surface area contributed by atoms with Crippen molar-refractivity contribution in [2.45, 2.75) is 35.9 Å². The molecular weight excluding hydrogens is 300 g/mol. The van der Waals surface area contributed by atoms with Gasteiger partial charge in [0.05, 0.1) is 6.61 Å². The first-order chi connectivity index (χ1) is 7.81. The molecular formula is C9H13Cl3F2O3. The van der Waals surface area contributed by atoms with E-state index in [1.54, 1.807) is 0 Å². The van der Waals surface area contributed by atoms with Crippen molar-refractivity contribution < 1.29 is 23.0 Å². The Morgan fingerprint density at radius 2 is 1.76 bits per heavy atom. The molecule has 17 heavy (non-hydrogen) atoms. The highest BCUT2D eigenvalue weighted by molar-refractivity contribution is 6.67. The van der Waals surface area contributed by atoms with E-state index in [-0.39, 0.29) is 13.0 Å². The van der Waals surface area contributed by atoms with Crippen LogP contribution in [0.2, 0.25) is 0 Å². The number of unbranched alkanes of at least 4 members (excludes halogenated alkanes) is 2. The molecule has 0 atom stereocenters. The van der Waals surface area contributed by atoms with Crippen LogP contribution in [0.4, 0.5) is 13.6 Å². The van der Waals surface area contributed by atoms with Crippen LogP contribution in [-0.2, 0) is 9.47 Å². The second kappa shape index (κ2) is 9.00. The molecule has 0 rings (SSSR count). The summed E-state index contributed by atoms with van der Waals surface area (Å²) in [4.78, 5) is 10.9. The maximum absolute atomic E-state index is 11.7. The predicted molar refractivity (Wildman–Crippen MR) is 62.1 cm³/mol. The van der Waals surface area contributed by atoms with E-state index >= 15 is 0 Å². The van der Waals surface area contributed by atoms with E-state index in [0.29, 0.717) is 19.3 Å². The smallest absolute Gasteiger partial charge is 0.434 e. The minimum atomic E-state index is -2.29. The van der Waals surface area contributed by atoms with E-state index in [2.05, 4.69) is 9.47 Å². The molecule has 3 nitrogen and oxygen atoms in total. The van der Waals surface area contributed by atoms with Gasteiger partial charge in [-0.2, -0.15) is 0 Å². The van der Waals surface area contributed by atoms with Gasteiger partial charge in [-0.3, -0.25) is 0 Å². The maximum Gasteiger partial charge on any atom is 0.508 e. The van der Waals surface area contributed by atoms with Crippen molar-refractivity contribution in [3.8, 4) is 0 Å². The van der Waals surface area contributed by atoms with Crippen LogP contribution in [0.15, 0.2) is 0 Å². The fourth-order valence-electron chi connectivity index (χ4n) is 0.915. The Kier molecular flexibility index (Phi) is 9.00. The third-order valence-electron chi connectivity index (χ3n) is 1.64. The summed E-state index contributed by atoms with van der Waals surface area (Å²) in [5.74, 6) is 0. The van der Waals surface area contributed by atoms with Crippen LogP contribution in [0.25, 0.3) is 0 Å². The van der Waals surface area contributed by atoms with Gasteiger partial charge in [0.2, 0.25) is 10.2 Å². The van der Waals surface area contributed by atoms with Crippen molar-refractivity contribution in [2.24, 2.45) is 0 Å². The highest BCUT2D eigenvalue weighted by Crippen LogP contribution is 2.25. The molecule has 0 fully saturated rings. The zero-order valence-electron chi connectivity index (χ0n) is 8.93. The summed E-state index contributed by atoms with van der Waals surface area (Å²) in [6, 6.07) is 0. The molecule has 0 amide bonds. The normalized spacial score (nSPS) is 11.6. The first kappa shape index (κ1) is 17.0. The van der Waals surface area contributed by atoms with Crippen LogP contribution in [0.1, 0.15) is 25.7 Å². The summed E-state index contributed by atoms with van der Waals surface area (Å²) in [7, 11) is 0. The van der Waals surface area contributed by atoms with Gasteiger partial charge in [0.25, 0.3) is 0 Å². The average Bonchev–Trinajstić information content (AvgIpc) is 2.19. The molecule has 0 bridgehead atoms. The third kappa shape index (κ3) is 13.9. The molecule has 0 aromatic rings. The monoisotopic (exact) mass is 312 g/mol. The molecule has 0 saturated carbocycles. The van der Waals surface area contributed by atoms with Gasteiger partial charge < -0.3 is 9.47 Å². The van der Waals surface area contributed by atoms with Gasteiger partial charge in [0, 0.05) is 6.42 Å². The SMILES string of the molecule is O=C(OCCCCCC(F)F)OCC(Cl)(Cl)Cl. The molecule has 0 saturated heterocycles. The molecule has 0 heterocycles. The maximum atomic E-state index is 11.7. The highest BCUT2D eigenvalue weighted by atomic mass is 35.6. The van der Waals surface area contributed by atoms with Crippen molar-refractivity contribution in [2.75, 3.05) is 13.2 Å². The Labute approximate surface area is 113 Å². The van der Waals surface area contributed by atoms with Gasteiger partial charge in [-0.05, 0) is 19.3 Å². The number of ether oxygens (including phenoxy) is 2. The van der Waals surface area contributed by atoms with Gasteiger partial charge >= 0.3 is 6.16 Å². The Morgan fingerprint density at radius 3 is 2.29 bits per heavy atom. The molecule has 0 aliphatic heterocycles. The fraction of sp³-hybridized carbons (Fsp3) is 0.889. The van der Waals surface area contributed by atoms with Gasteiger partial charge in [-0.15, -0.1) is 0 Å². The largest absolute Gasteiger partial charge is 0.508 e. The molecule has 0 aromatic carbocycles. The molecule has 0 radical (unpaired) electrons. The van der Waals surface area contributed by atoms with Crippen LogP contribution in [0, 0.1) is 0 Å². The quantitative estimate of drug-likeness (QED) is 0.398. The summed E-state index contributed by atoms with van der Waals surface area (Å²) in [6.45, 7) is -0.302. The Balaban J connectivity index is 3.34. The Bertz CT molecular complexity index is 222.